The molecular formula is C22H33BN4O4. The fourth-order valence-electron chi connectivity index (χ4n) is 3.99. The van der Waals surface area contributed by atoms with Gasteiger partial charge in [-0.2, -0.15) is 0 Å². The van der Waals surface area contributed by atoms with Crippen molar-refractivity contribution >= 4 is 35.5 Å². The van der Waals surface area contributed by atoms with E-state index in [2.05, 4.69) is 22.5 Å². The lowest BCUT2D eigenvalue weighted by Crippen LogP contribution is -2.51. The Morgan fingerprint density at radius 2 is 1.97 bits per heavy atom. The number of hydrogen-bond donors (Lipinski definition) is 4. The maximum absolute atomic E-state index is 12.2. The van der Waals surface area contributed by atoms with Crippen LogP contribution in [0.4, 0.5) is 10.7 Å². The predicted octanol–water partition coefficient (Wildman–Crippen LogP) is 2.51. The third-order valence-electron chi connectivity index (χ3n) is 5.69. The van der Waals surface area contributed by atoms with E-state index in [1.165, 1.54) is 0 Å². The summed E-state index contributed by atoms with van der Waals surface area (Å²) in [4.78, 5) is 21.3. The van der Waals surface area contributed by atoms with Gasteiger partial charge in [-0.25, -0.2) is 14.8 Å². The molecule has 3 rings (SSSR count). The molecule has 0 saturated heterocycles. The minimum Gasteiger partial charge on any atom is -0.444 e. The molecule has 1 aromatic heterocycles. The van der Waals surface area contributed by atoms with Crippen molar-refractivity contribution in [3.05, 3.63) is 23.9 Å². The Balaban J connectivity index is 1.65. The molecule has 2 aromatic rings. The minimum atomic E-state index is -1.52. The monoisotopic (exact) mass is 428 g/mol. The highest BCUT2D eigenvalue weighted by molar-refractivity contribution is 6.59. The van der Waals surface area contributed by atoms with Crippen LogP contribution in [0.3, 0.4) is 0 Å². The van der Waals surface area contributed by atoms with E-state index in [4.69, 9.17) is 9.72 Å². The molecule has 0 unspecified atom stereocenters. The number of aromatic nitrogens is 2. The molecule has 1 aliphatic carbocycles. The van der Waals surface area contributed by atoms with Crippen LogP contribution in [0.25, 0.3) is 10.9 Å². The summed E-state index contributed by atoms with van der Waals surface area (Å²) in [5.74, 6) is 0.563. The molecule has 0 spiro atoms. The van der Waals surface area contributed by atoms with Gasteiger partial charge in [0.25, 0.3) is 0 Å². The molecule has 0 aliphatic heterocycles. The zero-order valence-corrected chi connectivity index (χ0v) is 19.0. The van der Waals surface area contributed by atoms with Gasteiger partial charge in [0.15, 0.2) is 0 Å². The number of fused-ring (bicyclic) bond motifs is 1. The van der Waals surface area contributed by atoms with Crippen molar-refractivity contribution in [2.75, 3.05) is 5.32 Å². The second kappa shape index (κ2) is 9.00. The second-order valence-corrected chi connectivity index (χ2v) is 9.64. The molecule has 0 atom stereocenters. The molecule has 1 amide bonds. The van der Waals surface area contributed by atoms with Crippen LogP contribution in [-0.4, -0.2) is 50.4 Å². The molecular weight excluding hydrogens is 395 g/mol. The third kappa shape index (κ3) is 6.07. The number of nitrogens with zero attached hydrogens (tertiary/aromatic N) is 2. The second-order valence-electron chi connectivity index (χ2n) is 9.64. The summed E-state index contributed by atoms with van der Waals surface area (Å²) in [7, 11) is -1.52. The van der Waals surface area contributed by atoms with Gasteiger partial charge in [-0.1, -0.05) is 19.1 Å². The van der Waals surface area contributed by atoms with Crippen LogP contribution >= 0.6 is 0 Å². The number of rotatable bonds is 5. The maximum atomic E-state index is 12.2. The van der Waals surface area contributed by atoms with Crippen molar-refractivity contribution in [3.63, 3.8) is 0 Å². The number of aryl methyl sites for hydroxylation is 1. The summed E-state index contributed by atoms with van der Waals surface area (Å²) >= 11 is 0. The number of carbonyl (C=O) groups excluding carboxylic acids is 1. The number of carbonyl (C=O) groups is 1. The molecule has 31 heavy (non-hydrogen) atoms. The first kappa shape index (κ1) is 23.3. The van der Waals surface area contributed by atoms with Crippen molar-refractivity contribution in [2.45, 2.75) is 83.9 Å². The van der Waals surface area contributed by atoms with Gasteiger partial charge in [-0.3, -0.25) is 0 Å². The summed E-state index contributed by atoms with van der Waals surface area (Å²) in [5.41, 5.74) is 1.40. The van der Waals surface area contributed by atoms with Crippen molar-refractivity contribution in [1.82, 2.24) is 15.3 Å². The molecule has 8 nitrogen and oxygen atoms in total. The van der Waals surface area contributed by atoms with Crippen LogP contribution in [0.1, 0.15) is 65.9 Å². The highest BCUT2D eigenvalue weighted by atomic mass is 16.6. The smallest absolute Gasteiger partial charge is 0.444 e. The van der Waals surface area contributed by atoms with Crippen molar-refractivity contribution in [3.8, 4) is 0 Å². The van der Waals surface area contributed by atoms with Gasteiger partial charge >= 0.3 is 13.2 Å². The normalized spacial score (nSPS) is 21.6. The van der Waals surface area contributed by atoms with Crippen molar-refractivity contribution < 1.29 is 19.6 Å². The third-order valence-corrected chi connectivity index (χ3v) is 5.69. The lowest BCUT2D eigenvalue weighted by atomic mass is 9.78. The maximum Gasteiger partial charge on any atom is 0.488 e. The number of anilines is 1. The van der Waals surface area contributed by atoms with Gasteiger partial charge in [0.2, 0.25) is 5.95 Å². The van der Waals surface area contributed by atoms with E-state index in [-0.39, 0.29) is 17.7 Å². The average molecular weight is 428 g/mol. The molecule has 1 saturated carbocycles. The molecule has 9 heteroatoms. The molecule has 1 fully saturated rings. The number of hydrogen-bond acceptors (Lipinski definition) is 7. The average Bonchev–Trinajstić information content (AvgIpc) is 2.67. The standard InChI is InChI=1S/C22H33BN4O4/c1-6-14-11-16(23(29)30)12-15-13-24-19(26-18(14)15)25-17-7-9-22(5,10-8-17)27-20(28)31-21(2,3)4/h11-13,17,29-30H,6-10H2,1-5H3,(H,27,28)(H,24,25,26). The van der Waals surface area contributed by atoms with Gasteiger partial charge in [0.05, 0.1) is 5.52 Å². The van der Waals surface area contributed by atoms with Gasteiger partial charge in [0.1, 0.15) is 5.60 Å². The topological polar surface area (TPSA) is 117 Å². The van der Waals surface area contributed by atoms with E-state index >= 15 is 0 Å². The summed E-state index contributed by atoms with van der Waals surface area (Å²) in [6.07, 6.45) is 5.48. The molecule has 0 radical (unpaired) electrons. The molecule has 1 aromatic carbocycles. The largest absolute Gasteiger partial charge is 0.488 e. The predicted molar refractivity (Wildman–Crippen MR) is 122 cm³/mol. The quantitative estimate of drug-likeness (QED) is 0.541. The van der Waals surface area contributed by atoms with Gasteiger partial charge < -0.3 is 25.4 Å². The number of ether oxygens (including phenoxy) is 1. The van der Waals surface area contributed by atoms with Crippen LogP contribution in [0.15, 0.2) is 18.3 Å². The van der Waals surface area contributed by atoms with E-state index in [9.17, 15) is 14.8 Å². The van der Waals surface area contributed by atoms with Gasteiger partial charge in [-0.05, 0) is 70.8 Å². The van der Waals surface area contributed by atoms with Crippen molar-refractivity contribution in [2.24, 2.45) is 0 Å². The summed E-state index contributed by atoms with van der Waals surface area (Å²) in [6.45, 7) is 9.64. The fourth-order valence-corrected chi connectivity index (χ4v) is 3.99. The van der Waals surface area contributed by atoms with E-state index in [1.54, 1.807) is 18.3 Å². The first-order valence-corrected chi connectivity index (χ1v) is 10.9. The Morgan fingerprint density at radius 3 is 2.55 bits per heavy atom. The van der Waals surface area contributed by atoms with Crippen LogP contribution in [-0.2, 0) is 11.2 Å². The number of alkyl carbamates (subject to hydrolysis) is 1. The summed E-state index contributed by atoms with van der Waals surface area (Å²) in [5, 5.41) is 26.2. The highest BCUT2D eigenvalue weighted by Gasteiger charge is 2.34. The Morgan fingerprint density at radius 1 is 1.29 bits per heavy atom. The van der Waals surface area contributed by atoms with E-state index in [0.29, 0.717) is 11.4 Å². The molecule has 1 aliphatic rings. The zero-order valence-electron chi connectivity index (χ0n) is 19.0. The Kier molecular flexibility index (Phi) is 6.76. The van der Waals surface area contributed by atoms with E-state index < -0.39 is 12.7 Å². The van der Waals surface area contributed by atoms with Crippen LogP contribution in [0, 0.1) is 0 Å². The van der Waals surface area contributed by atoms with Crippen molar-refractivity contribution in [1.29, 1.82) is 0 Å². The van der Waals surface area contributed by atoms with Gasteiger partial charge in [-0.15, -0.1) is 0 Å². The minimum absolute atomic E-state index is 0.217. The van der Waals surface area contributed by atoms with Crippen LogP contribution in [0.2, 0.25) is 0 Å². The van der Waals surface area contributed by atoms with E-state index in [0.717, 1.165) is 48.6 Å². The van der Waals surface area contributed by atoms with Crippen LogP contribution in [0.5, 0.6) is 0 Å². The van der Waals surface area contributed by atoms with Crippen LogP contribution < -0.4 is 16.1 Å². The zero-order chi connectivity index (χ0) is 22.8. The van der Waals surface area contributed by atoms with Gasteiger partial charge in [0, 0.05) is 23.2 Å². The van der Waals surface area contributed by atoms with E-state index in [1.807, 2.05) is 27.7 Å². The SMILES string of the molecule is CCc1cc(B(O)O)cc2cnc(NC3CCC(C)(NC(=O)OC(C)(C)C)CC3)nc12. The molecule has 4 N–H and O–H groups in total. The molecule has 168 valence electrons. The number of nitrogens with one attached hydrogen (secondary N) is 2. The Bertz CT molecular complexity index is 937. The number of benzene rings is 1. The fraction of sp³-hybridized carbons (Fsp3) is 0.591. The highest BCUT2D eigenvalue weighted by Crippen LogP contribution is 2.30. The Labute approximate surface area is 184 Å². The summed E-state index contributed by atoms with van der Waals surface area (Å²) < 4.78 is 5.40. The first-order chi connectivity index (χ1) is 14.5. The number of amides is 1. The molecule has 0 bridgehead atoms. The first-order valence-electron chi connectivity index (χ1n) is 10.9. The lowest BCUT2D eigenvalue weighted by Gasteiger charge is -2.38. The lowest BCUT2D eigenvalue weighted by molar-refractivity contribution is 0.0436. The summed E-state index contributed by atoms with van der Waals surface area (Å²) in [6, 6.07) is 3.70. The Hall–Kier alpha value is -2.39. The molecule has 1 heterocycles.